The highest BCUT2D eigenvalue weighted by Crippen LogP contribution is 2.29. The van der Waals surface area contributed by atoms with E-state index in [1.165, 1.54) is 18.3 Å². The average Bonchev–Trinajstić information content (AvgIpc) is 3.16. The number of amides is 2. The zero-order chi connectivity index (χ0) is 19.2. The van der Waals surface area contributed by atoms with Crippen molar-refractivity contribution < 1.29 is 13.9 Å². The molecule has 0 spiro atoms. The molecule has 0 unspecified atom stereocenters. The van der Waals surface area contributed by atoms with E-state index in [1.54, 1.807) is 29.2 Å². The van der Waals surface area contributed by atoms with Crippen LogP contribution in [0.4, 0.5) is 14.9 Å². The van der Waals surface area contributed by atoms with Crippen LogP contribution in [-0.2, 0) is 0 Å². The maximum absolute atomic E-state index is 13.8. The van der Waals surface area contributed by atoms with Crippen molar-refractivity contribution in [3.05, 3.63) is 48.4 Å². The first-order valence-electron chi connectivity index (χ1n) is 9.29. The molecular formula is C20H25FN4O2. The molecule has 2 amide bonds. The fourth-order valence-electron chi connectivity index (χ4n) is 3.36. The Hall–Kier alpha value is -2.67. The summed E-state index contributed by atoms with van der Waals surface area (Å²) in [5, 5.41) is 2.85. The molecule has 1 aromatic heterocycles. The van der Waals surface area contributed by atoms with Crippen molar-refractivity contribution in [1.29, 1.82) is 0 Å². The van der Waals surface area contributed by atoms with Gasteiger partial charge in [0.25, 0.3) is 0 Å². The minimum absolute atomic E-state index is 0.0643. The highest BCUT2D eigenvalue weighted by molar-refractivity contribution is 5.90. The van der Waals surface area contributed by atoms with Crippen molar-refractivity contribution in [3.63, 3.8) is 0 Å². The summed E-state index contributed by atoms with van der Waals surface area (Å²) < 4.78 is 19.4. The van der Waals surface area contributed by atoms with Crippen molar-refractivity contribution in [2.24, 2.45) is 0 Å². The van der Waals surface area contributed by atoms with Gasteiger partial charge in [0.2, 0.25) is 5.88 Å². The Bertz CT molecular complexity index is 782. The largest absolute Gasteiger partial charge is 0.434 e. The summed E-state index contributed by atoms with van der Waals surface area (Å²) in [6.45, 7) is 7.61. The van der Waals surface area contributed by atoms with Crippen molar-refractivity contribution in [2.45, 2.75) is 26.3 Å². The monoisotopic (exact) mass is 372 g/mol. The van der Waals surface area contributed by atoms with Gasteiger partial charge in [0.1, 0.15) is 5.69 Å². The maximum Gasteiger partial charge on any atom is 0.322 e. The Kier molecular flexibility index (Phi) is 6.24. The molecule has 2 heterocycles. The van der Waals surface area contributed by atoms with Crippen molar-refractivity contribution in [3.8, 4) is 11.6 Å². The van der Waals surface area contributed by atoms with Crippen molar-refractivity contribution >= 4 is 11.7 Å². The zero-order valence-electron chi connectivity index (χ0n) is 15.7. The molecule has 0 radical (unpaired) electrons. The molecule has 1 fully saturated rings. The van der Waals surface area contributed by atoms with Gasteiger partial charge in [-0.2, -0.15) is 0 Å². The van der Waals surface area contributed by atoms with E-state index in [4.69, 9.17) is 4.74 Å². The molecule has 1 atom stereocenters. The third-order valence-corrected chi connectivity index (χ3v) is 4.84. The summed E-state index contributed by atoms with van der Waals surface area (Å²) in [5.74, 6) is -0.257. The van der Waals surface area contributed by atoms with Crippen LogP contribution in [-0.4, -0.2) is 53.0 Å². The summed E-state index contributed by atoms with van der Waals surface area (Å²) in [5.41, 5.74) is 0.414. The SMILES string of the molecule is CCN(CC)[C@H]1CCN(C(=O)Nc2cccnc2Oc2ccccc2F)C1. The number of urea groups is 1. The van der Waals surface area contributed by atoms with E-state index in [0.29, 0.717) is 24.8 Å². The summed E-state index contributed by atoms with van der Waals surface area (Å²) in [4.78, 5) is 21.0. The number of pyridine rings is 1. The number of nitrogens with zero attached hydrogens (tertiary/aromatic N) is 3. The van der Waals surface area contributed by atoms with E-state index in [0.717, 1.165) is 19.5 Å². The number of nitrogens with one attached hydrogen (secondary N) is 1. The van der Waals surface area contributed by atoms with Gasteiger partial charge in [0.15, 0.2) is 11.6 Å². The average molecular weight is 372 g/mol. The van der Waals surface area contributed by atoms with E-state index < -0.39 is 5.82 Å². The fraction of sp³-hybridized carbons (Fsp3) is 0.400. The molecule has 3 rings (SSSR count). The molecule has 0 aliphatic carbocycles. The normalized spacial score (nSPS) is 16.6. The van der Waals surface area contributed by atoms with Gasteiger partial charge in [-0.1, -0.05) is 26.0 Å². The Morgan fingerprint density at radius 2 is 2.07 bits per heavy atom. The molecular weight excluding hydrogens is 347 g/mol. The number of para-hydroxylation sites is 1. The van der Waals surface area contributed by atoms with Crippen LogP contribution in [0.2, 0.25) is 0 Å². The first kappa shape index (κ1) is 19.1. The predicted molar refractivity (Wildman–Crippen MR) is 103 cm³/mol. The van der Waals surface area contributed by atoms with Crippen LogP contribution in [0.5, 0.6) is 11.6 Å². The van der Waals surface area contributed by atoms with Gasteiger partial charge in [-0.3, -0.25) is 4.90 Å². The third kappa shape index (κ3) is 4.54. The topological polar surface area (TPSA) is 57.7 Å². The number of carbonyl (C=O) groups is 1. The van der Waals surface area contributed by atoms with Gasteiger partial charge >= 0.3 is 6.03 Å². The summed E-state index contributed by atoms with van der Waals surface area (Å²) in [6.07, 6.45) is 2.50. The van der Waals surface area contributed by atoms with E-state index in [9.17, 15) is 9.18 Å². The summed E-state index contributed by atoms with van der Waals surface area (Å²) >= 11 is 0. The number of carbonyl (C=O) groups excluding carboxylic acids is 1. The molecule has 7 heteroatoms. The van der Waals surface area contributed by atoms with Gasteiger partial charge in [-0.25, -0.2) is 14.2 Å². The van der Waals surface area contributed by atoms with Crippen LogP contribution in [0.15, 0.2) is 42.6 Å². The highest BCUT2D eigenvalue weighted by Gasteiger charge is 2.29. The predicted octanol–water partition coefficient (Wildman–Crippen LogP) is 3.96. The van der Waals surface area contributed by atoms with Crippen LogP contribution >= 0.6 is 0 Å². The Morgan fingerprint density at radius 1 is 1.30 bits per heavy atom. The second-order valence-electron chi connectivity index (χ2n) is 6.43. The number of anilines is 1. The number of halogens is 1. The Balaban J connectivity index is 1.68. The number of likely N-dealkylation sites (N-methyl/N-ethyl adjacent to an activating group) is 1. The number of likely N-dealkylation sites (tertiary alicyclic amines) is 1. The van der Waals surface area contributed by atoms with Gasteiger partial charge in [0, 0.05) is 25.3 Å². The molecule has 0 bridgehead atoms. The molecule has 1 N–H and O–H groups in total. The number of rotatable bonds is 6. The van der Waals surface area contributed by atoms with Crippen molar-refractivity contribution in [1.82, 2.24) is 14.8 Å². The first-order chi connectivity index (χ1) is 13.1. The molecule has 1 aliphatic rings. The van der Waals surface area contributed by atoms with Gasteiger partial charge in [0.05, 0.1) is 0 Å². The Labute approximate surface area is 158 Å². The van der Waals surface area contributed by atoms with E-state index >= 15 is 0 Å². The number of aromatic nitrogens is 1. The Morgan fingerprint density at radius 3 is 2.81 bits per heavy atom. The lowest BCUT2D eigenvalue weighted by atomic mass is 10.2. The smallest absolute Gasteiger partial charge is 0.322 e. The van der Waals surface area contributed by atoms with Crippen LogP contribution in [0.3, 0.4) is 0 Å². The molecule has 1 aliphatic heterocycles. The van der Waals surface area contributed by atoms with Crippen LogP contribution < -0.4 is 10.1 Å². The zero-order valence-corrected chi connectivity index (χ0v) is 15.7. The minimum Gasteiger partial charge on any atom is -0.434 e. The molecule has 1 saturated heterocycles. The lowest BCUT2D eigenvalue weighted by molar-refractivity contribution is 0.202. The van der Waals surface area contributed by atoms with E-state index in [2.05, 4.69) is 29.0 Å². The molecule has 6 nitrogen and oxygen atoms in total. The van der Waals surface area contributed by atoms with Crippen molar-refractivity contribution in [2.75, 3.05) is 31.5 Å². The second kappa shape index (κ2) is 8.81. The standard InChI is InChI=1S/C20H25FN4O2/c1-3-24(4-2)15-11-13-25(14-15)20(26)23-17-9-7-12-22-19(17)27-18-10-6-5-8-16(18)21/h5-10,12,15H,3-4,11,13-14H2,1-2H3,(H,23,26)/t15-/m0/s1. The number of ether oxygens (including phenoxy) is 1. The number of hydrogen-bond donors (Lipinski definition) is 1. The summed E-state index contributed by atoms with van der Waals surface area (Å²) in [6, 6.07) is 9.68. The lowest BCUT2D eigenvalue weighted by Gasteiger charge is -2.26. The van der Waals surface area contributed by atoms with E-state index in [-0.39, 0.29) is 17.7 Å². The maximum atomic E-state index is 13.8. The lowest BCUT2D eigenvalue weighted by Crippen LogP contribution is -2.39. The molecule has 0 saturated carbocycles. The van der Waals surface area contributed by atoms with Gasteiger partial charge in [-0.15, -0.1) is 0 Å². The van der Waals surface area contributed by atoms with E-state index in [1.807, 2.05) is 0 Å². The summed E-state index contributed by atoms with van der Waals surface area (Å²) in [7, 11) is 0. The highest BCUT2D eigenvalue weighted by atomic mass is 19.1. The van der Waals surface area contributed by atoms with Gasteiger partial charge < -0.3 is 15.0 Å². The molecule has 1 aromatic carbocycles. The van der Waals surface area contributed by atoms with Crippen LogP contribution in [0.1, 0.15) is 20.3 Å². The quantitative estimate of drug-likeness (QED) is 0.834. The van der Waals surface area contributed by atoms with Crippen LogP contribution in [0, 0.1) is 5.82 Å². The van der Waals surface area contributed by atoms with Crippen LogP contribution in [0.25, 0.3) is 0 Å². The minimum atomic E-state index is -0.484. The molecule has 27 heavy (non-hydrogen) atoms. The number of benzene rings is 1. The molecule has 144 valence electrons. The second-order valence-corrected chi connectivity index (χ2v) is 6.43. The molecule has 2 aromatic rings. The number of hydrogen-bond acceptors (Lipinski definition) is 4. The fourth-order valence-corrected chi connectivity index (χ4v) is 3.36. The van der Waals surface area contributed by atoms with Gasteiger partial charge in [-0.05, 0) is 43.8 Å². The third-order valence-electron chi connectivity index (χ3n) is 4.84. The first-order valence-corrected chi connectivity index (χ1v) is 9.29.